The summed E-state index contributed by atoms with van der Waals surface area (Å²) in [6.45, 7) is 4.69. The summed E-state index contributed by atoms with van der Waals surface area (Å²) in [4.78, 5) is 22.9. The molecule has 1 aromatic rings. The monoisotopic (exact) mass is 225 g/mol. The molecule has 88 valence electrons. The van der Waals surface area contributed by atoms with Crippen LogP contribution in [0.3, 0.4) is 0 Å². The predicted molar refractivity (Wildman–Crippen MR) is 58.5 cm³/mol. The smallest absolute Gasteiger partial charge is 0.257 e. The zero-order valence-electron chi connectivity index (χ0n) is 9.42. The van der Waals surface area contributed by atoms with Crippen LogP contribution in [0, 0.1) is 6.92 Å². The molecular formula is C9H15N5O2. The van der Waals surface area contributed by atoms with Crippen LogP contribution in [0.5, 0.6) is 0 Å². The van der Waals surface area contributed by atoms with Crippen molar-refractivity contribution in [3.05, 3.63) is 11.3 Å². The summed E-state index contributed by atoms with van der Waals surface area (Å²) in [5, 5.41) is 8.75. The number of hydrogen-bond acceptors (Lipinski definition) is 4. The first-order chi connectivity index (χ1) is 7.25. The minimum absolute atomic E-state index is 0.0928. The van der Waals surface area contributed by atoms with Crippen LogP contribution in [-0.2, 0) is 4.79 Å². The van der Waals surface area contributed by atoms with Crippen molar-refractivity contribution in [1.82, 2.24) is 15.5 Å². The van der Waals surface area contributed by atoms with Gasteiger partial charge in [-0.05, 0) is 20.8 Å². The Morgan fingerprint density at radius 3 is 2.38 bits per heavy atom. The molecule has 0 spiro atoms. The van der Waals surface area contributed by atoms with E-state index in [0.717, 1.165) is 0 Å². The molecule has 16 heavy (non-hydrogen) atoms. The van der Waals surface area contributed by atoms with E-state index in [0.29, 0.717) is 5.69 Å². The molecule has 0 unspecified atom stereocenters. The molecule has 1 heterocycles. The van der Waals surface area contributed by atoms with Crippen molar-refractivity contribution in [2.45, 2.75) is 26.3 Å². The number of nitrogens with one attached hydrogen (secondary N) is 2. The molecule has 0 aliphatic carbocycles. The summed E-state index contributed by atoms with van der Waals surface area (Å²) in [5.74, 6) is -1.01. The van der Waals surface area contributed by atoms with Gasteiger partial charge in [-0.2, -0.15) is 5.10 Å². The Hall–Kier alpha value is -2.05. The van der Waals surface area contributed by atoms with Crippen molar-refractivity contribution >= 4 is 17.6 Å². The molecular weight excluding hydrogens is 210 g/mol. The first-order valence-electron chi connectivity index (χ1n) is 4.68. The summed E-state index contributed by atoms with van der Waals surface area (Å²) in [6, 6.07) is 0. The lowest BCUT2D eigenvalue weighted by Gasteiger charge is -2.22. The lowest BCUT2D eigenvalue weighted by atomic mass is 10.0. The quantitative estimate of drug-likeness (QED) is 0.542. The molecule has 0 atom stereocenters. The number of rotatable bonds is 3. The SMILES string of the molecule is Cc1[nH]nc(N)c1C(=O)NC(C)(C)C(N)=O. The minimum Gasteiger partial charge on any atom is -0.382 e. The van der Waals surface area contributed by atoms with Gasteiger partial charge in [-0.25, -0.2) is 0 Å². The zero-order chi connectivity index (χ0) is 12.5. The normalized spacial score (nSPS) is 11.2. The fourth-order valence-electron chi connectivity index (χ4n) is 1.14. The maximum Gasteiger partial charge on any atom is 0.257 e. The van der Waals surface area contributed by atoms with E-state index in [4.69, 9.17) is 11.5 Å². The lowest BCUT2D eigenvalue weighted by molar-refractivity contribution is -0.122. The van der Waals surface area contributed by atoms with Gasteiger partial charge >= 0.3 is 0 Å². The first-order valence-corrected chi connectivity index (χ1v) is 4.68. The van der Waals surface area contributed by atoms with E-state index >= 15 is 0 Å². The number of carbonyl (C=O) groups excluding carboxylic acids is 2. The zero-order valence-corrected chi connectivity index (χ0v) is 9.42. The first kappa shape index (κ1) is 12.0. The number of nitrogens with two attached hydrogens (primary N) is 2. The predicted octanol–water partition coefficient (Wildman–Crippen LogP) is -0.706. The average Bonchev–Trinajstić information content (AvgIpc) is 2.44. The molecule has 0 radical (unpaired) electrons. The van der Waals surface area contributed by atoms with E-state index in [-0.39, 0.29) is 11.4 Å². The Labute approximate surface area is 92.6 Å². The standard InChI is InChI=1S/C9H15N5O2/c1-4-5(6(10)14-13-4)7(15)12-9(2,3)8(11)16/h1-3H3,(H2,11,16)(H,12,15)(H3,10,13,14). The molecule has 0 aliphatic rings. The highest BCUT2D eigenvalue weighted by atomic mass is 16.2. The maximum absolute atomic E-state index is 11.8. The van der Waals surface area contributed by atoms with Crippen LogP contribution >= 0.6 is 0 Å². The molecule has 7 heteroatoms. The topological polar surface area (TPSA) is 127 Å². The van der Waals surface area contributed by atoms with E-state index in [1.165, 1.54) is 13.8 Å². The van der Waals surface area contributed by atoms with E-state index in [1.54, 1.807) is 6.92 Å². The highest BCUT2D eigenvalue weighted by Crippen LogP contribution is 2.13. The van der Waals surface area contributed by atoms with E-state index in [1.807, 2.05) is 0 Å². The van der Waals surface area contributed by atoms with Crippen molar-refractivity contribution < 1.29 is 9.59 Å². The fourth-order valence-corrected chi connectivity index (χ4v) is 1.14. The number of aromatic nitrogens is 2. The van der Waals surface area contributed by atoms with Crippen LogP contribution in [-0.4, -0.2) is 27.6 Å². The number of anilines is 1. The van der Waals surface area contributed by atoms with Gasteiger partial charge in [0.1, 0.15) is 11.1 Å². The number of primary amides is 1. The van der Waals surface area contributed by atoms with Crippen molar-refractivity contribution in [3.63, 3.8) is 0 Å². The van der Waals surface area contributed by atoms with Crippen LogP contribution in [0.2, 0.25) is 0 Å². The highest BCUT2D eigenvalue weighted by molar-refractivity contribution is 6.02. The van der Waals surface area contributed by atoms with E-state index in [9.17, 15) is 9.59 Å². The van der Waals surface area contributed by atoms with Gasteiger partial charge in [-0.3, -0.25) is 14.7 Å². The second kappa shape index (κ2) is 3.84. The molecule has 0 fully saturated rings. The van der Waals surface area contributed by atoms with Crippen LogP contribution < -0.4 is 16.8 Å². The van der Waals surface area contributed by atoms with Crippen LogP contribution in [0.4, 0.5) is 5.82 Å². The van der Waals surface area contributed by atoms with Crippen LogP contribution in [0.25, 0.3) is 0 Å². The number of nitrogen functional groups attached to an aromatic ring is 1. The number of hydrogen-bond donors (Lipinski definition) is 4. The maximum atomic E-state index is 11.8. The third-order valence-electron chi connectivity index (χ3n) is 2.24. The molecule has 0 saturated heterocycles. The van der Waals surface area contributed by atoms with Crippen LogP contribution in [0.15, 0.2) is 0 Å². The van der Waals surface area contributed by atoms with Gasteiger partial charge in [-0.15, -0.1) is 0 Å². The highest BCUT2D eigenvalue weighted by Gasteiger charge is 2.29. The number of aromatic amines is 1. The van der Waals surface area contributed by atoms with Gasteiger partial charge in [-0.1, -0.05) is 0 Å². The fraction of sp³-hybridized carbons (Fsp3) is 0.444. The second-order valence-corrected chi connectivity index (χ2v) is 4.05. The third-order valence-corrected chi connectivity index (χ3v) is 2.24. The number of aryl methyl sites for hydroxylation is 1. The summed E-state index contributed by atoms with van der Waals surface area (Å²) >= 11 is 0. The van der Waals surface area contributed by atoms with Crippen molar-refractivity contribution in [3.8, 4) is 0 Å². The number of H-pyrrole nitrogens is 1. The summed E-state index contributed by atoms with van der Waals surface area (Å²) in [7, 11) is 0. The molecule has 2 amide bonds. The van der Waals surface area contributed by atoms with E-state index < -0.39 is 17.4 Å². The van der Waals surface area contributed by atoms with Crippen molar-refractivity contribution in [2.24, 2.45) is 5.73 Å². The molecule has 1 aromatic heterocycles. The van der Waals surface area contributed by atoms with Gasteiger partial charge in [0.05, 0.1) is 0 Å². The van der Waals surface area contributed by atoms with Gasteiger partial charge in [0.2, 0.25) is 5.91 Å². The largest absolute Gasteiger partial charge is 0.382 e. The van der Waals surface area contributed by atoms with Gasteiger partial charge in [0.25, 0.3) is 5.91 Å². The summed E-state index contributed by atoms with van der Waals surface area (Å²) < 4.78 is 0. The van der Waals surface area contributed by atoms with Gasteiger partial charge < -0.3 is 16.8 Å². The Bertz CT molecular complexity index is 416. The van der Waals surface area contributed by atoms with E-state index in [2.05, 4.69) is 15.5 Å². The Morgan fingerprint density at radius 2 is 2.00 bits per heavy atom. The molecule has 0 saturated carbocycles. The molecule has 1 rings (SSSR count). The average molecular weight is 225 g/mol. The molecule has 0 bridgehead atoms. The number of carbonyl (C=O) groups is 2. The molecule has 7 nitrogen and oxygen atoms in total. The van der Waals surface area contributed by atoms with Crippen molar-refractivity contribution in [1.29, 1.82) is 0 Å². The Morgan fingerprint density at radius 1 is 1.44 bits per heavy atom. The second-order valence-electron chi connectivity index (χ2n) is 4.05. The number of amides is 2. The van der Waals surface area contributed by atoms with Crippen molar-refractivity contribution in [2.75, 3.05) is 5.73 Å². The van der Waals surface area contributed by atoms with Crippen LogP contribution in [0.1, 0.15) is 29.9 Å². The molecule has 0 aromatic carbocycles. The lowest BCUT2D eigenvalue weighted by Crippen LogP contribution is -2.53. The summed E-state index contributed by atoms with van der Waals surface area (Å²) in [5.41, 5.74) is 10.3. The molecule has 6 N–H and O–H groups in total. The Balaban J connectivity index is 2.93. The Kier molecular flexibility index (Phi) is 2.88. The van der Waals surface area contributed by atoms with Gasteiger partial charge in [0.15, 0.2) is 5.82 Å². The number of nitrogens with zero attached hydrogens (tertiary/aromatic N) is 1. The molecule has 0 aliphatic heterocycles. The summed E-state index contributed by atoms with van der Waals surface area (Å²) in [6.07, 6.45) is 0. The third kappa shape index (κ3) is 2.13. The van der Waals surface area contributed by atoms with Gasteiger partial charge in [0, 0.05) is 5.69 Å². The minimum atomic E-state index is -1.13.